The summed E-state index contributed by atoms with van der Waals surface area (Å²) in [5, 5.41) is 0. The van der Waals surface area contributed by atoms with E-state index in [9.17, 15) is 9.79 Å². The first-order valence-electron chi connectivity index (χ1n) is 1.54. The first kappa shape index (κ1) is 11.3. The first-order chi connectivity index (χ1) is 2.77. The zero-order valence-corrected chi connectivity index (χ0v) is 7.21. The van der Waals surface area contributed by atoms with Crippen molar-refractivity contribution in [2.45, 2.75) is 6.92 Å². The molecule has 0 aromatic rings. The first-order valence-corrected chi connectivity index (χ1v) is 4.31. The molecule has 0 saturated carbocycles. The smallest absolute Gasteiger partial charge is 0.834 e. The van der Waals surface area contributed by atoms with Gasteiger partial charge in [0.05, 0.1) is 0 Å². The molecule has 38 valence electrons. The molecule has 0 radical (unpaired) electrons. The zero-order valence-electron chi connectivity index (χ0n) is 4.09. The Labute approximate surface area is 64.5 Å². The zero-order chi connectivity index (χ0) is 4.99. The molecule has 0 aromatic heterocycles. The van der Waals surface area contributed by atoms with Gasteiger partial charge in [-0.15, -0.1) is 0 Å². The van der Waals surface area contributed by atoms with Crippen LogP contribution in [0.4, 0.5) is 0 Å². The minimum atomic E-state index is -2.18. The van der Waals surface area contributed by atoms with Gasteiger partial charge in [-0.1, -0.05) is 6.92 Å². The molecule has 0 amide bonds. The van der Waals surface area contributed by atoms with Crippen LogP contribution in [-0.4, -0.2) is 28.8 Å². The van der Waals surface area contributed by atoms with Crippen molar-refractivity contribution in [1.29, 1.82) is 0 Å². The van der Waals surface area contributed by atoms with Gasteiger partial charge >= 0.3 is 23.1 Å². The molecule has 5 heteroatoms. The number of hydrogen-bond acceptors (Lipinski definition) is 3. The monoisotopic (exact) mass is 148 g/mol. The molecule has 0 spiro atoms. The average Bonchev–Trinajstić information content (AvgIpc) is 1.35. The molecule has 0 rings (SSSR count). The van der Waals surface area contributed by atoms with E-state index >= 15 is 0 Å². The molecule has 7 heavy (non-hydrogen) atoms. The maximum atomic E-state index is 9.60. The summed E-state index contributed by atoms with van der Waals surface area (Å²) >= 11 is 0.940. The summed E-state index contributed by atoms with van der Waals surface area (Å²) in [5.41, 5.74) is 0. The normalized spacial score (nSPS) is 8.57. The summed E-state index contributed by atoms with van der Waals surface area (Å²) in [5.74, 6) is 0.651. The van der Waals surface area contributed by atoms with Crippen LogP contribution in [0.15, 0.2) is 0 Å². The van der Waals surface area contributed by atoms with Crippen LogP contribution < -0.4 is 9.79 Å². The van der Waals surface area contributed by atoms with Gasteiger partial charge in [0.2, 0.25) is 0 Å². The Balaban J connectivity index is 0. The van der Waals surface area contributed by atoms with E-state index in [-0.39, 0.29) is 23.1 Å². The molecule has 0 atom stereocenters. The van der Waals surface area contributed by atoms with Crippen molar-refractivity contribution in [1.82, 2.24) is 0 Å². The van der Waals surface area contributed by atoms with Crippen LogP contribution in [-0.2, 0) is 0 Å². The Morgan fingerprint density at radius 2 is 2.00 bits per heavy atom. The average molecular weight is 148 g/mol. The molecule has 0 bridgehead atoms. The predicted octanol–water partition coefficient (Wildman–Crippen LogP) is -0.694. The minimum Gasteiger partial charge on any atom is -0.834 e. The number of rotatable bonds is 2. The quantitative estimate of drug-likeness (QED) is 0.385. The van der Waals surface area contributed by atoms with Crippen LogP contribution in [0.3, 0.4) is 0 Å². The summed E-state index contributed by atoms with van der Waals surface area (Å²) in [6, 6.07) is 0. The van der Waals surface area contributed by atoms with Gasteiger partial charge < -0.3 is 9.79 Å². The van der Waals surface area contributed by atoms with Crippen molar-refractivity contribution < 1.29 is 9.79 Å². The fourth-order valence-electron chi connectivity index (χ4n) is 0.105. The summed E-state index contributed by atoms with van der Waals surface area (Å²) in [6.07, 6.45) is 0. The van der Waals surface area contributed by atoms with Gasteiger partial charge in [0.15, 0.2) is 0 Å². The Hall–Kier alpha value is 1.47. The van der Waals surface area contributed by atoms with E-state index in [2.05, 4.69) is 0 Å². The third kappa shape index (κ3) is 11.2. The second-order valence-electron chi connectivity index (χ2n) is 0.641. The summed E-state index contributed by atoms with van der Waals surface area (Å²) in [7, 11) is -2.18. The molecule has 0 aromatic carbocycles. The van der Waals surface area contributed by atoms with Gasteiger partial charge in [-0.2, -0.15) is 11.4 Å². The van der Waals surface area contributed by atoms with Gasteiger partial charge in [0, 0.05) is 0 Å². The molecule has 0 fully saturated rings. The van der Waals surface area contributed by atoms with Crippen molar-refractivity contribution in [3.63, 3.8) is 0 Å². The molecule has 0 aliphatic rings. The maximum absolute atomic E-state index is 9.60. The van der Waals surface area contributed by atoms with Crippen LogP contribution in [0.5, 0.6) is 0 Å². The molecule has 0 saturated heterocycles. The Morgan fingerprint density at radius 1 is 1.57 bits per heavy atom. The second kappa shape index (κ2) is 7.47. The Kier molecular flexibility index (Phi) is 12.0. The van der Waals surface area contributed by atoms with Crippen molar-refractivity contribution >= 4 is 42.0 Å². The van der Waals surface area contributed by atoms with Crippen LogP contribution in [0, 0.1) is 0 Å². The fraction of sp³-hybridized carbons (Fsp3) is 1.00. The van der Waals surface area contributed by atoms with E-state index in [0.717, 1.165) is 11.4 Å². The van der Waals surface area contributed by atoms with Crippen molar-refractivity contribution in [2.24, 2.45) is 0 Å². The van der Waals surface area contributed by atoms with E-state index in [1.54, 1.807) is 6.92 Å². The van der Waals surface area contributed by atoms with Gasteiger partial charge in [0.25, 0.3) is 0 Å². The van der Waals surface area contributed by atoms with E-state index in [4.69, 9.17) is 0 Å². The molecule has 0 heterocycles. The van der Waals surface area contributed by atoms with Crippen LogP contribution >= 0.6 is 19.0 Å². The number of hydrogen-bond donors (Lipinski definition) is 0. The van der Waals surface area contributed by atoms with Gasteiger partial charge in [0.1, 0.15) is 0 Å². The van der Waals surface area contributed by atoms with Crippen molar-refractivity contribution in [2.75, 3.05) is 5.75 Å². The van der Waals surface area contributed by atoms with Crippen LogP contribution in [0.25, 0.3) is 0 Å². The van der Waals surface area contributed by atoms with Crippen molar-refractivity contribution in [3.05, 3.63) is 0 Å². The predicted molar refractivity (Wildman–Crippen MR) is 30.8 cm³/mol. The largest absolute Gasteiger partial charge is 2.00 e. The molecule has 0 N–H and O–H groups in total. The Bertz CT molecular complexity index is 36.9. The molecular weight excluding hydrogens is 143 g/mol. The third-order valence-electron chi connectivity index (χ3n) is 0.235. The molecule has 0 unspecified atom stereocenters. The van der Waals surface area contributed by atoms with Gasteiger partial charge in [-0.25, -0.2) is 7.58 Å². The Morgan fingerprint density at radius 3 is 2.00 bits per heavy atom. The SMILES string of the molecule is CCSP([O-])[O-].[Mg+2]. The molecule has 2 nitrogen and oxygen atoms in total. The maximum Gasteiger partial charge on any atom is 2.00 e. The van der Waals surface area contributed by atoms with Gasteiger partial charge in [-0.05, 0) is 5.75 Å². The minimum absolute atomic E-state index is 0. The van der Waals surface area contributed by atoms with E-state index in [1.165, 1.54) is 0 Å². The standard InChI is InChI=1S/C2H5O2PS.Mg/c1-2-6-5(3)4;/h2H2,1H3;/q-2;+2. The summed E-state index contributed by atoms with van der Waals surface area (Å²) in [6.45, 7) is 1.80. The van der Waals surface area contributed by atoms with E-state index in [1.807, 2.05) is 0 Å². The van der Waals surface area contributed by atoms with E-state index < -0.39 is 7.58 Å². The summed E-state index contributed by atoms with van der Waals surface area (Å²) < 4.78 is 0. The van der Waals surface area contributed by atoms with Crippen LogP contribution in [0.1, 0.15) is 6.92 Å². The van der Waals surface area contributed by atoms with Gasteiger partial charge in [-0.3, -0.25) is 0 Å². The van der Waals surface area contributed by atoms with Crippen LogP contribution in [0.2, 0.25) is 0 Å². The van der Waals surface area contributed by atoms with E-state index in [0.29, 0.717) is 5.75 Å². The third-order valence-corrected chi connectivity index (χ3v) is 2.11. The molecule has 0 aliphatic heterocycles. The fourth-order valence-corrected chi connectivity index (χ4v) is 0.949. The topological polar surface area (TPSA) is 46.1 Å². The van der Waals surface area contributed by atoms with Crippen molar-refractivity contribution in [3.8, 4) is 0 Å². The summed E-state index contributed by atoms with van der Waals surface area (Å²) in [4.78, 5) is 19.2. The second-order valence-corrected chi connectivity index (χ2v) is 3.59. The molecule has 0 aliphatic carbocycles. The molecular formula is C2H5MgO2PS.